The summed E-state index contributed by atoms with van der Waals surface area (Å²) in [7, 11) is 0. The number of hydrogen-bond donors (Lipinski definition) is 1. The van der Waals surface area contributed by atoms with Crippen molar-refractivity contribution in [2.24, 2.45) is 17.6 Å². The first-order chi connectivity index (χ1) is 9.70. The van der Waals surface area contributed by atoms with Crippen molar-refractivity contribution < 1.29 is 4.52 Å². The van der Waals surface area contributed by atoms with E-state index >= 15 is 0 Å². The standard InChI is InChI=1S/C15H22N4O/c1-11(2)12(8-9-16)6-7-14-18-15(19-20-14)13-5-3-4-10-17-13/h3-5,10-12H,6-9,16H2,1-2H3. The van der Waals surface area contributed by atoms with Gasteiger partial charge in [0.25, 0.3) is 0 Å². The van der Waals surface area contributed by atoms with Crippen molar-refractivity contribution in [2.75, 3.05) is 6.54 Å². The highest BCUT2D eigenvalue weighted by atomic mass is 16.5. The molecule has 0 amide bonds. The monoisotopic (exact) mass is 274 g/mol. The molecule has 1 atom stereocenters. The third-order valence-corrected chi connectivity index (χ3v) is 3.57. The lowest BCUT2D eigenvalue weighted by molar-refractivity contribution is 0.313. The SMILES string of the molecule is CC(C)C(CCN)CCc1nc(-c2ccccn2)no1. The maximum absolute atomic E-state index is 5.66. The first-order valence-electron chi connectivity index (χ1n) is 7.14. The summed E-state index contributed by atoms with van der Waals surface area (Å²) < 4.78 is 5.29. The smallest absolute Gasteiger partial charge is 0.227 e. The van der Waals surface area contributed by atoms with E-state index in [1.807, 2.05) is 18.2 Å². The van der Waals surface area contributed by atoms with Crippen molar-refractivity contribution in [3.8, 4) is 11.5 Å². The van der Waals surface area contributed by atoms with Crippen LogP contribution in [-0.4, -0.2) is 21.7 Å². The van der Waals surface area contributed by atoms with Gasteiger partial charge in [0.1, 0.15) is 5.69 Å². The van der Waals surface area contributed by atoms with Crippen molar-refractivity contribution in [2.45, 2.75) is 33.1 Å². The van der Waals surface area contributed by atoms with Crippen LogP contribution in [0.2, 0.25) is 0 Å². The van der Waals surface area contributed by atoms with E-state index in [0.29, 0.717) is 23.6 Å². The van der Waals surface area contributed by atoms with Crippen LogP contribution in [0.1, 0.15) is 32.6 Å². The Morgan fingerprint density at radius 1 is 1.25 bits per heavy atom. The van der Waals surface area contributed by atoms with Gasteiger partial charge in [0.2, 0.25) is 11.7 Å². The largest absolute Gasteiger partial charge is 0.339 e. The minimum Gasteiger partial charge on any atom is -0.339 e. The molecule has 0 fully saturated rings. The highest BCUT2D eigenvalue weighted by molar-refractivity contribution is 5.46. The Kier molecular flexibility index (Phi) is 5.24. The van der Waals surface area contributed by atoms with Gasteiger partial charge in [-0.15, -0.1) is 0 Å². The van der Waals surface area contributed by atoms with Gasteiger partial charge in [-0.1, -0.05) is 25.1 Å². The summed E-state index contributed by atoms with van der Waals surface area (Å²) in [6.45, 7) is 5.19. The molecule has 108 valence electrons. The molecule has 0 spiro atoms. The van der Waals surface area contributed by atoms with Gasteiger partial charge in [-0.05, 0) is 43.4 Å². The maximum atomic E-state index is 5.66. The Morgan fingerprint density at radius 3 is 2.75 bits per heavy atom. The number of hydrogen-bond acceptors (Lipinski definition) is 5. The molecule has 0 aliphatic carbocycles. The summed E-state index contributed by atoms with van der Waals surface area (Å²) in [4.78, 5) is 8.61. The van der Waals surface area contributed by atoms with E-state index in [2.05, 4.69) is 29.0 Å². The number of aryl methyl sites for hydroxylation is 1. The Balaban J connectivity index is 1.96. The molecule has 1 unspecified atom stereocenters. The number of nitrogens with two attached hydrogens (primary N) is 1. The topological polar surface area (TPSA) is 77.8 Å². The molecule has 5 nitrogen and oxygen atoms in total. The summed E-state index contributed by atoms with van der Waals surface area (Å²) in [5.74, 6) is 2.45. The predicted octanol–water partition coefficient (Wildman–Crippen LogP) is 2.69. The molecule has 2 rings (SSSR count). The summed E-state index contributed by atoms with van der Waals surface area (Å²) in [5.41, 5.74) is 6.40. The van der Waals surface area contributed by atoms with Crippen molar-refractivity contribution in [1.29, 1.82) is 0 Å². The van der Waals surface area contributed by atoms with E-state index in [0.717, 1.165) is 31.5 Å². The van der Waals surface area contributed by atoms with Gasteiger partial charge in [0.15, 0.2) is 0 Å². The minimum absolute atomic E-state index is 0.556. The molecule has 0 saturated carbocycles. The molecule has 0 aliphatic rings. The van der Waals surface area contributed by atoms with Crippen LogP contribution in [0.15, 0.2) is 28.9 Å². The van der Waals surface area contributed by atoms with Crippen LogP contribution in [0.5, 0.6) is 0 Å². The fourth-order valence-electron chi connectivity index (χ4n) is 2.29. The molecular weight excluding hydrogens is 252 g/mol. The van der Waals surface area contributed by atoms with Crippen molar-refractivity contribution in [3.05, 3.63) is 30.3 Å². The summed E-state index contributed by atoms with van der Waals surface area (Å²) in [5, 5.41) is 3.98. The Bertz CT molecular complexity index is 510. The molecule has 0 bridgehead atoms. The van der Waals surface area contributed by atoms with Gasteiger partial charge in [-0.3, -0.25) is 4.98 Å². The molecule has 0 aliphatic heterocycles. The molecule has 20 heavy (non-hydrogen) atoms. The fraction of sp³-hybridized carbons (Fsp3) is 0.533. The summed E-state index contributed by atoms with van der Waals surface area (Å²) >= 11 is 0. The van der Waals surface area contributed by atoms with Gasteiger partial charge in [-0.2, -0.15) is 4.98 Å². The number of rotatable bonds is 7. The maximum Gasteiger partial charge on any atom is 0.227 e. The van der Waals surface area contributed by atoms with Crippen molar-refractivity contribution in [3.63, 3.8) is 0 Å². The van der Waals surface area contributed by atoms with Crippen molar-refractivity contribution >= 4 is 0 Å². The van der Waals surface area contributed by atoms with Crippen LogP contribution in [0.25, 0.3) is 11.5 Å². The Morgan fingerprint density at radius 2 is 2.10 bits per heavy atom. The lowest BCUT2D eigenvalue weighted by Gasteiger charge is -2.18. The quantitative estimate of drug-likeness (QED) is 0.839. The van der Waals surface area contributed by atoms with Gasteiger partial charge < -0.3 is 10.3 Å². The van der Waals surface area contributed by atoms with Gasteiger partial charge in [0.05, 0.1) is 0 Å². The number of aromatic nitrogens is 3. The minimum atomic E-state index is 0.556. The normalized spacial score (nSPS) is 12.8. The second kappa shape index (κ2) is 7.14. The second-order valence-corrected chi connectivity index (χ2v) is 5.35. The third-order valence-electron chi connectivity index (χ3n) is 3.57. The summed E-state index contributed by atoms with van der Waals surface area (Å²) in [6.07, 6.45) is 4.59. The van der Waals surface area contributed by atoms with E-state index in [1.165, 1.54) is 0 Å². The Hall–Kier alpha value is -1.75. The fourth-order valence-corrected chi connectivity index (χ4v) is 2.29. The Labute approximate surface area is 119 Å². The zero-order valence-electron chi connectivity index (χ0n) is 12.1. The lowest BCUT2D eigenvalue weighted by Crippen LogP contribution is -2.15. The predicted molar refractivity (Wildman–Crippen MR) is 77.8 cm³/mol. The molecule has 5 heteroatoms. The zero-order chi connectivity index (χ0) is 14.4. The molecule has 0 aromatic carbocycles. The van der Waals surface area contributed by atoms with E-state index in [4.69, 9.17) is 10.3 Å². The second-order valence-electron chi connectivity index (χ2n) is 5.35. The van der Waals surface area contributed by atoms with Gasteiger partial charge >= 0.3 is 0 Å². The van der Waals surface area contributed by atoms with E-state index < -0.39 is 0 Å². The van der Waals surface area contributed by atoms with Crippen LogP contribution in [-0.2, 0) is 6.42 Å². The van der Waals surface area contributed by atoms with E-state index in [9.17, 15) is 0 Å². The molecular formula is C15H22N4O. The average Bonchev–Trinajstić information content (AvgIpc) is 2.93. The average molecular weight is 274 g/mol. The highest BCUT2D eigenvalue weighted by Gasteiger charge is 2.15. The first kappa shape index (κ1) is 14.7. The van der Waals surface area contributed by atoms with Crippen molar-refractivity contribution in [1.82, 2.24) is 15.1 Å². The first-order valence-corrected chi connectivity index (χ1v) is 7.14. The van der Waals surface area contributed by atoms with Gasteiger partial charge in [0, 0.05) is 12.6 Å². The highest BCUT2D eigenvalue weighted by Crippen LogP contribution is 2.21. The van der Waals surface area contributed by atoms with Crippen LogP contribution >= 0.6 is 0 Å². The van der Waals surface area contributed by atoms with Crippen LogP contribution in [0.4, 0.5) is 0 Å². The van der Waals surface area contributed by atoms with Crippen LogP contribution < -0.4 is 5.73 Å². The zero-order valence-corrected chi connectivity index (χ0v) is 12.1. The van der Waals surface area contributed by atoms with Gasteiger partial charge in [-0.25, -0.2) is 0 Å². The molecule has 0 radical (unpaired) electrons. The van der Waals surface area contributed by atoms with E-state index in [1.54, 1.807) is 6.20 Å². The molecule has 2 aromatic rings. The van der Waals surface area contributed by atoms with Crippen LogP contribution in [0.3, 0.4) is 0 Å². The van der Waals surface area contributed by atoms with Crippen LogP contribution in [0, 0.1) is 11.8 Å². The number of pyridine rings is 1. The third kappa shape index (κ3) is 3.87. The number of nitrogens with zero attached hydrogens (tertiary/aromatic N) is 3. The molecule has 2 N–H and O–H groups in total. The molecule has 2 heterocycles. The molecule has 2 aromatic heterocycles. The molecule has 0 saturated heterocycles. The lowest BCUT2D eigenvalue weighted by atomic mass is 9.88. The summed E-state index contributed by atoms with van der Waals surface area (Å²) in [6, 6.07) is 5.65. The van der Waals surface area contributed by atoms with E-state index in [-0.39, 0.29) is 0 Å².